The van der Waals surface area contributed by atoms with Gasteiger partial charge >= 0.3 is 0 Å². The lowest BCUT2D eigenvalue weighted by atomic mass is 9.97. The van der Waals surface area contributed by atoms with Crippen molar-refractivity contribution in [2.24, 2.45) is 5.92 Å². The Labute approximate surface area is 167 Å². The van der Waals surface area contributed by atoms with Gasteiger partial charge in [0.2, 0.25) is 22.1 Å². The smallest absolute Gasteiger partial charge is 0.228 e. The van der Waals surface area contributed by atoms with E-state index in [9.17, 15) is 9.59 Å². The topological polar surface area (TPSA) is 91.6 Å². The summed E-state index contributed by atoms with van der Waals surface area (Å²) >= 11 is 1.44. The van der Waals surface area contributed by atoms with Gasteiger partial charge in [0.25, 0.3) is 0 Å². The number of carbonyl (C=O) groups is 2. The maximum atomic E-state index is 12.5. The molecule has 2 aromatic heterocycles. The quantitative estimate of drug-likeness (QED) is 0.713. The van der Waals surface area contributed by atoms with Crippen LogP contribution in [0.25, 0.3) is 0 Å². The molecule has 150 valence electrons. The molecule has 1 atom stereocenters. The third kappa shape index (κ3) is 4.35. The predicted molar refractivity (Wildman–Crippen MR) is 106 cm³/mol. The maximum absolute atomic E-state index is 12.5. The van der Waals surface area contributed by atoms with Crippen LogP contribution in [0.5, 0.6) is 0 Å². The minimum atomic E-state index is -0.0434. The number of nitrogens with one attached hydrogen (secondary N) is 1. The fraction of sp³-hybridized carbons (Fsp3) is 0.579. The molecular weight excluding hydrogens is 378 g/mol. The SMILES string of the molecule is O=C(NCCCc1ccco1)C1CCCN(c2nnc(N3CCCC3=O)s2)C1. The number of piperidine rings is 1. The van der Waals surface area contributed by atoms with E-state index in [1.807, 2.05) is 12.1 Å². The molecule has 8 nitrogen and oxygen atoms in total. The Balaban J connectivity index is 1.27. The first-order chi connectivity index (χ1) is 13.7. The molecule has 0 aliphatic carbocycles. The molecule has 2 amide bonds. The van der Waals surface area contributed by atoms with Gasteiger partial charge in [0.05, 0.1) is 12.2 Å². The lowest BCUT2D eigenvalue weighted by molar-refractivity contribution is -0.125. The zero-order valence-electron chi connectivity index (χ0n) is 15.8. The summed E-state index contributed by atoms with van der Waals surface area (Å²) in [6.45, 7) is 2.88. The molecule has 2 aliphatic rings. The predicted octanol–water partition coefficient (Wildman–Crippen LogP) is 2.22. The monoisotopic (exact) mass is 403 g/mol. The summed E-state index contributed by atoms with van der Waals surface area (Å²) in [6.07, 6.45) is 6.65. The van der Waals surface area contributed by atoms with Crippen LogP contribution in [0.2, 0.25) is 0 Å². The Kier molecular flexibility index (Phi) is 5.90. The maximum Gasteiger partial charge on any atom is 0.228 e. The van der Waals surface area contributed by atoms with Crippen molar-refractivity contribution < 1.29 is 14.0 Å². The largest absolute Gasteiger partial charge is 0.469 e. The zero-order valence-corrected chi connectivity index (χ0v) is 16.6. The summed E-state index contributed by atoms with van der Waals surface area (Å²) in [5.41, 5.74) is 0. The van der Waals surface area contributed by atoms with E-state index in [4.69, 9.17) is 4.42 Å². The van der Waals surface area contributed by atoms with E-state index >= 15 is 0 Å². The normalized spacial score (nSPS) is 20.0. The van der Waals surface area contributed by atoms with E-state index in [2.05, 4.69) is 20.4 Å². The molecule has 2 aliphatic heterocycles. The van der Waals surface area contributed by atoms with Gasteiger partial charge in [-0.2, -0.15) is 0 Å². The highest BCUT2D eigenvalue weighted by molar-refractivity contribution is 7.19. The average Bonchev–Trinajstić information content (AvgIpc) is 3.46. The van der Waals surface area contributed by atoms with Crippen LogP contribution in [-0.4, -0.2) is 48.2 Å². The van der Waals surface area contributed by atoms with E-state index in [0.29, 0.717) is 24.6 Å². The number of aryl methyl sites for hydroxylation is 1. The van der Waals surface area contributed by atoms with Crippen LogP contribution in [0.15, 0.2) is 22.8 Å². The van der Waals surface area contributed by atoms with Gasteiger partial charge in [0, 0.05) is 39.0 Å². The number of hydrogen-bond donors (Lipinski definition) is 1. The molecule has 2 fully saturated rings. The third-order valence-corrected chi connectivity index (χ3v) is 6.26. The second-order valence-corrected chi connectivity index (χ2v) is 8.21. The van der Waals surface area contributed by atoms with Crippen molar-refractivity contribution in [2.75, 3.05) is 36.0 Å². The molecule has 0 spiro atoms. The first kappa shape index (κ1) is 18.9. The first-order valence-corrected chi connectivity index (χ1v) is 10.7. The Morgan fingerprint density at radius 3 is 2.96 bits per heavy atom. The number of amides is 2. The Bertz CT molecular complexity index is 806. The fourth-order valence-corrected chi connectivity index (χ4v) is 4.66. The van der Waals surface area contributed by atoms with E-state index in [-0.39, 0.29) is 17.7 Å². The molecule has 0 radical (unpaired) electrons. The summed E-state index contributed by atoms with van der Waals surface area (Å²) in [5, 5.41) is 13.0. The first-order valence-electron chi connectivity index (χ1n) is 9.89. The van der Waals surface area contributed by atoms with Crippen molar-refractivity contribution in [3.05, 3.63) is 24.2 Å². The fourth-order valence-electron chi connectivity index (χ4n) is 3.73. The zero-order chi connectivity index (χ0) is 19.3. The summed E-state index contributed by atoms with van der Waals surface area (Å²) in [7, 11) is 0. The lowest BCUT2D eigenvalue weighted by Gasteiger charge is -2.31. The number of rotatable bonds is 7. The molecule has 4 heterocycles. The van der Waals surface area contributed by atoms with Gasteiger partial charge < -0.3 is 14.6 Å². The van der Waals surface area contributed by atoms with Crippen molar-refractivity contribution in [1.82, 2.24) is 15.5 Å². The molecular formula is C19H25N5O3S. The third-order valence-electron chi connectivity index (χ3n) is 5.25. The van der Waals surface area contributed by atoms with Gasteiger partial charge in [-0.25, -0.2) is 0 Å². The average molecular weight is 404 g/mol. The number of hydrogen-bond acceptors (Lipinski definition) is 7. The second kappa shape index (κ2) is 8.72. The number of aromatic nitrogens is 2. The van der Waals surface area contributed by atoms with Gasteiger partial charge in [-0.1, -0.05) is 11.3 Å². The summed E-state index contributed by atoms with van der Waals surface area (Å²) < 4.78 is 5.31. The van der Waals surface area contributed by atoms with Crippen LogP contribution in [-0.2, 0) is 16.0 Å². The van der Waals surface area contributed by atoms with Crippen molar-refractivity contribution in [2.45, 2.75) is 38.5 Å². The van der Waals surface area contributed by atoms with Crippen molar-refractivity contribution in [3.63, 3.8) is 0 Å². The molecule has 9 heteroatoms. The molecule has 1 unspecified atom stereocenters. The van der Waals surface area contributed by atoms with Gasteiger partial charge in [-0.3, -0.25) is 14.5 Å². The van der Waals surface area contributed by atoms with Crippen molar-refractivity contribution in [1.29, 1.82) is 0 Å². The Morgan fingerprint density at radius 1 is 1.29 bits per heavy atom. The summed E-state index contributed by atoms with van der Waals surface area (Å²) in [6, 6.07) is 3.83. The molecule has 0 saturated carbocycles. The van der Waals surface area contributed by atoms with Crippen LogP contribution >= 0.6 is 11.3 Å². The van der Waals surface area contributed by atoms with Crippen LogP contribution in [0.4, 0.5) is 10.3 Å². The standard InChI is InChI=1S/C19H25N5O3S/c25-16-8-3-11-24(16)19-22-21-18(28-19)23-10-2-5-14(13-23)17(26)20-9-1-6-15-7-4-12-27-15/h4,7,12,14H,1-3,5-6,8-11,13H2,(H,20,26). The number of furan rings is 1. The highest BCUT2D eigenvalue weighted by Gasteiger charge is 2.29. The Morgan fingerprint density at radius 2 is 2.18 bits per heavy atom. The van der Waals surface area contributed by atoms with E-state index < -0.39 is 0 Å². The van der Waals surface area contributed by atoms with Gasteiger partial charge in [0.1, 0.15) is 5.76 Å². The van der Waals surface area contributed by atoms with Crippen molar-refractivity contribution >= 4 is 33.4 Å². The minimum Gasteiger partial charge on any atom is -0.469 e. The van der Waals surface area contributed by atoms with Gasteiger partial charge in [-0.05, 0) is 37.8 Å². The molecule has 4 rings (SSSR count). The van der Waals surface area contributed by atoms with Gasteiger partial charge in [-0.15, -0.1) is 10.2 Å². The number of nitrogens with zero attached hydrogens (tertiary/aromatic N) is 4. The minimum absolute atomic E-state index is 0.0434. The summed E-state index contributed by atoms with van der Waals surface area (Å²) in [4.78, 5) is 28.3. The van der Waals surface area contributed by atoms with E-state index in [0.717, 1.165) is 56.1 Å². The Hall–Kier alpha value is -2.42. The highest BCUT2D eigenvalue weighted by Crippen LogP contribution is 2.32. The molecule has 2 aromatic rings. The van der Waals surface area contributed by atoms with Gasteiger partial charge in [0.15, 0.2) is 0 Å². The van der Waals surface area contributed by atoms with Crippen LogP contribution in [0, 0.1) is 5.92 Å². The van der Waals surface area contributed by atoms with Crippen LogP contribution < -0.4 is 15.1 Å². The molecule has 1 N–H and O–H groups in total. The molecule has 0 aromatic carbocycles. The molecule has 2 saturated heterocycles. The number of anilines is 2. The van der Waals surface area contributed by atoms with Crippen LogP contribution in [0.1, 0.15) is 37.9 Å². The summed E-state index contributed by atoms with van der Waals surface area (Å²) in [5.74, 6) is 1.12. The molecule has 28 heavy (non-hydrogen) atoms. The number of carbonyl (C=O) groups excluding carboxylic acids is 2. The highest BCUT2D eigenvalue weighted by atomic mass is 32.1. The van der Waals surface area contributed by atoms with Crippen LogP contribution in [0.3, 0.4) is 0 Å². The molecule has 0 bridgehead atoms. The lowest BCUT2D eigenvalue weighted by Crippen LogP contribution is -2.43. The van der Waals surface area contributed by atoms with Crippen molar-refractivity contribution in [3.8, 4) is 0 Å². The second-order valence-electron chi connectivity index (χ2n) is 7.28. The van der Waals surface area contributed by atoms with E-state index in [1.165, 1.54) is 11.3 Å². The van der Waals surface area contributed by atoms with E-state index in [1.54, 1.807) is 11.2 Å².